The number of sulfonamides is 1. The van der Waals surface area contributed by atoms with Crippen molar-refractivity contribution in [1.82, 2.24) is 0 Å². The molecule has 0 fully saturated rings. The highest BCUT2D eigenvalue weighted by atomic mass is 35.5. The molecule has 2 aromatic carbocycles. The Morgan fingerprint density at radius 3 is 2.45 bits per heavy atom. The summed E-state index contributed by atoms with van der Waals surface area (Å²) in [5, 5.41) is 0.701. The molecule has 2 rings (SSSR count). The van der Waals surface area contributed by atoms with E-state index in [1.165, 1.54) is 18.2 Å². The third-order valence-corrected chi connectivity index (χ3v) is 4.69. The second-order valence-corrected chi connectivity index (χ2v) is 6.76. The summed E-state index contributed by atoms with van der Waals surface area (Å²) >= 11 is 11.7. The summed E-state index contributed by atoms with van der Waals surface area (Å²) in [6, 6.07) is 9.30. The van der Waals surface area contributed by atoms with Crippen LogP contribution in [0.2, 0.25) is 10.0 Å². The van der Waals surface area contributed by atoms with Gasteiger partial charge in [0, 0.05) is 15.7 Å². The molecule has 0 aliphatic heterocycles. The molecule has 0 aromatic heterocycles. The van der Waals surface area contributed by atoms with E-state index in [1.807, 2.05) is 0 Å². The summed E-state index contributed by atoms with van der Waals surface area (Å²) in [6.45, 7) is 1.62. The van der Waals surface area contributed by atoms with Crippen LogP contribution in [0.5, 0.6) is 0 Å². The average molecular weight is 331 g/mol. The molecular weight excluding hydrogens is 319 g/mol. The molecule has 0 radical (unpaired) electrons. The zero-order chi connectivity index (χ0) is 14.9. The molecule has 0 saturated carbocycles. The van der Waals surface area contributed by atoms with Crippen molar-refractivity contribution in [3.05, 3.63) is 52.0 Å². The third-order valence-electron chi connectivity index (χ3n) is 2.73. The van der Waals surface area contributed by atoms with Crippen LogP contribution < -0.4 is 10.5 Å². The number of nitrogens with two attached hydrogens (primary N) is 1. The Morgan fingerprint density at radius 1 is 1.10 bits per heavy atom. The summed E-state index contributed by atoms with van der Waals surface area (Å²) in [5.74, 6) is 0. The first-order chi connectivity index (χ1) is 9.29. The van der Waals surface area contributed by atoms with Crippen molar-refractivity contribution < 1.29 is 8.42 Å². The minimum absolute atomic E-state index is 0.0440. The molecule has 0 amide bonds. The van der Waals surface area contributed by atoms with Gasteiger partial charge in [-0.2, -0.15) is 0 Å². The molecule has 2 aromatic rings. The Hall–Kier alpha value is -1.43. The standard InChI is InChI=1S/C13H12Cl2N2O2S/c1-8-12(16)6-10(15)7-13(8)20(18,19)17-11-4-2-3-9(14)5-11/h2-7,17H,16H2,1H3. The second kappa shape index (κ2) is 5.52. The van der Waals surface area contributed by atoms with Gasteiger partial charge < -0.3 is 5.73 Å². The van der Waals surface area contributed by atoms with Crippen LogP contribution in [-0.4, -0.2) is 8.42 Å². The first kappa shape index (κ1) is 15.0. The summed E-state index contributed by atoms with van der Waals surface area (Å²) in [5.41, 5.74) is 6.88. The summed E-state index contributed by atoms with van der Waals surface area (Å²) < 4.78 is 27.2. The first-order valence-corrected chi connectivity index (χ1v) is 7.87. The molecule has 0 bridgehead atoms. The highest BCUT2D eigenvalue weighted by Crippen LogP contribution is 2.28. The van der Waals surface area contributed by atoms with Gasteiger partial charge in [0.2, 0.25) is 0 Å². The molecule has 0 saturated heterocycles. The second-order valence-electron chi connectivity index (χ2n) is 4.23. The number of hydrogen-bond acceptors (Lipinski definition) is 3. The Bertz CT molecular complexity index is 761. The maximum absolute atomic E-state index is 12.4. The molecule has 106 valence electrons. The van der Waals surface area contributed by atoms with Crippen molar-refractivity contribution in [1.29, 1.82) is 0 Å². The minimum atomic E-state index is -3.78. The molecule has 0 atom stereocenters. The lowest BCUT2D eigenvalue weighted by atomic mass is 10.2. The minimum Gasteiger partial charge on any atom is -0.398 e. The fourth-order valence-electron chi connectivity index (χ4n) is 1.72. The van der Waals surface area contributed by atoms with Crippen molar-refractivity contribution in [2.45, 2.75) is 11.8 Å². The van der Waals surface area contributed by atoms with E-state index in [0.717, 1.165) is 0 Å². The number of hydrogen-bond donors (Lipinski definition) is 2. The van der Waals surface area contributed by atoms with E-state index in [2.05, 4.69) is 4.72 Å². The smallest absolute Gasteiger partial charge is 0.262 e. The zero-order valence-electron chi connectivity index (χ0n) is 10.5. The molecule has 20 heavy (non-hydrogen) atoms. The Labute approximate surface area is 127 Å². The van der Waals surface area contributed by atoms with Crippen LogP contribution in [0.3, 0.4) is 0 Å². The number of rotatable bonds is 3. The molecule has 7 heteroatoms. The van der Waals surface area contributed by atoms with Gasteiger partial charge in [-0.05, 0) is 42.8 Å². The monoisotopic (exact) mass is 330 g/mol. The molecule has 4 nitrogen and oxygen atoms in total. The molecule has 0 heterocycles. The molecule has 0 spiro atoms. The quantitative estimate of drug-likeness (QED) is 0.843. The van der Waals surface area contributed by atoms with Crippen molar-refractivity contribution in [3.63, 3.8) is 0 Å². The van der Waals surface area contributed by atoms with Crippen LogP contribution >= 0.6 is 23.2 Å². The van der Waals surface area contributed by atoms with Crippen molar-refractivity contribution in [2.24, 2.45) is 0 Å². The van der Waals surface area contributed by atoms with Crippen molar-refractivity contribution >= 4 is 44.6 Å². The van der Waals surface area contributed by atoms with Crippen LogP contribution in [0.4, 0.5) is 11.4 Å². The van der Waals surface area contributed by atoms with Crippen molar-refractivity contribution in [3.8, 4) is 0 Å². The average Bonchev–Trinajstić information content (AvgIpc) is 2.33. The van der Waals surface area contributed by atoms with Crippen LogP contribution in [0, 0.1) is 6.92 Å². The van der Waals surface area contributed by atoms with Gasteiger partial charge in [-0.1, -0.05) is 29.3 Å². The molecule has 0 unspecified atom stereocenters. The maximum atomic E-state index is 12.4. The van der Waals surface area contributed by atoms with Crippen LogP contribution in [-0.2, 0) is 10.0 Å². The van der Waals surface area contributed by atoms with E-state index in [9.17, 15) is 8.42 Å². The van der Waals surface area contributed by atoms with E-state index in [4.69, 9.17) is 28.9 Å². The fraction of sp³-hybridized carbons (Fsp3) is 0.0769. The SMILES string of the molecule is Cc1c(N)cc(Cl)cc1S(=O)(=O)Nc1cccc(Cl)c1. The van der Waals surface area contributed by atoms with E-state index in [1.54, 1.807) is 25.1 Å². The first-order valence-electron chi connectivity index (χ1n) is 5.63. The lowest BCUT2D eigenvalue weighted by Crippen LogP contribution is -2.15. The number of benzene rings is 2. The lowest BCUT2D eigenvalue weighted by molar-refractivity contribution is 0.600. The topological polar surface area (TPSA) is 72.2 Å². The molecular formula is C13H12Cl2N2O2S. The van der Waals surface area contributed by atoms with Gasteiger partial charge in [-0.15, -0.1) is 0 Å². The number of anilines is 2. The van der Waals surface area contributed by atoms with Gasteiger partial charge in [0.25, 0.3) is 10.0 Å². The van der Waals surface area contributed by atoms with E-state index < -0.39 is 10.0 Å². The van der Waals surface area contributed by atoms with E-state index >= 15 is 0 Å². The third kappa shape index (κ3) is 3.17. The van der Waals surface area contributed by atoms with Crippen LogP contribution in [0.25, 0.3) is 0 Å². The summed E-state index contributed by atoms with van der Waals surface area (Å²) in [6.07, 6.45) is 0. The lowest BCUT2D eigenvalue weighted by Gasteiger charge is -2.12. The zero-order valence-corrected chi connectivity index (χ0v) is 12.9. The predicted octanol–water partition coefficient (Wildman–Crippen LogP) is 3.68. The molecule has 3 N–H and O–H groups in total. The van der Waals surface area contributed by atoms with Crippen LogP contribution in [0.15, 0.2) is 41.3 Å². The van der Waals surface area contributed by atoms with Gasteiger partial charge in [0.1, 0.15) is 0 Å². The normalized spacial score (nSPS) is 11.3. The largest absolute Gasteiger partial charge is 0.398 e. The summed E-state index contributed by atoms with van der Waals surface area (Å²) in [7, 11) is -3.78. The number of nitrogens with one attached hydrogen (secondary N) is 1. The van der Waals surface area contributed by atoms with Gasteiger partial charge >= 0.3 is 0 Å². The van der Waals surface area contributed by atoms with Gasteiger partial charge in [-0.25, -0.2) is 8.42 Å². The van der Waals surface area contributed by atoms with Crippen molar-refractivity contribution in [2.75, 3.05) is 10.5 Å². The number of nitrogen functional groups attached to an aromatic ring is 1. The Balaban J connectivity index is 2.46. The Morgan fingerprint density at radius 2 is 1.80 bits per heavy atom. The highest BCUT2D eigenvalue weighted by molar-refractivity contribution is 7.92. The predicted molar refractivity (Wildman–Crippen MR) is 82.9 cm³/mol. The Kier molecular flexibility index (Phi) is 4.13. The van der Waals surface area contributed by atoms with E-state index in [-0.39, 0.29) is 9.92 Å². The van der Waals surface area contributed by atoms with Crippen LogP contribution in [0.1, 0.15) is 5.56 Å². The van der Waals surface area contributed by atoms with E-state index in [0.29, 0.717) is 22.0 Å². The molecule has 0 aliphatic rings. The maximum Gasteiger partial charge on any atom is 0.262 e. The van der Waals surface area contributed by atoms with Gasteiger partial charge in [0.05, 0.1) is 10.6 Å². The molecule has 0 aliphatic carbocycles. The highest BCUT2D eigenvalue weighted by Gasteiger charge is 2.19. The fourth-order valence-corrected chi connectivity index (χ4v) is 3.55. The summed E-state index contributed by atoms with van der Waals surface area (Å²) in [4.78, 5) is 0.0440. The van der Waals surface area contributed by atoms with Gasteiger partial charge in [-0.3, -0.25) is 4.72 Å². The number of halogens is 2. The van der Waals surface area contributed by atoms with Gasteiger partial charge in [0.15, 0.2) is 0 Å².